The van der Waals surface area contributed by atoms with Crippen molar-refractivity contribution in [3.05, 3.63) is 47.5 Å². The van der Waals surface area contributed by atoms with Crippen LogP contribution in [0.2, 0.25) is 0 Å². The van der Waals surface area contributed by atoms with Gasteiger partial charge in [0.15, 0.2) is 15.5 Å². The van der Waals surface area contributed by atoms with Crippen LogP contribution < -0.4 is 10.6 Å². The molecule has 0 radical (unpaired) electrons. The molecule has 1 fully saturated rings. The molecule has 0 aliphatic heterocycles. The van der Waals surface area contributed by atoms with Gasteiger partial charge in [-0.25, -0.2) is 18.4 Å². The van der Waals surface area contributed by atoms with Gasteiger partial charge in [-0.2, -0.15) is 0 Å². The average Bonchev–Trinajstić information content (AvgIpc) is 3.47. The number of carbonyl (C=O) groups is 1. The number of anilines is 3. The van der Waals surface area contributed by atoms with Crippen molar-refractivity contribution < 1.29 is 17.6 Å². The van der Waals surface area contributed by atoms with Crippen LogP contribution in [0.1, 0.15) is 30.0 Å². The Bertz CT molecular complexity index is 1530. The van der Waals surface area contributed by atoms with Gasteiger partial charge in [0.05, 0.1) is 16.3 Å². The highest BCUT2D eigenvalue weighted by molar-refractivity contribution is 7.90. The molecular weight excluding hydrogens is 454 g/mol. The van der Waals surface area contributed by atoms with Crippen molar-refractivity contribution in [3.63, 3.8) is 0 Å². The van der Waals surface area contributed by atoms with Crippen LogP contribution in [0, 0.1) is 26.7 Å². The number of carbonyl (C=O) groups excluding carboxylic acids is 1. The van der Waals surface area contributed by atoms with Crippen LogP contribution in [-0.2, 0) is 14.6 Å². The summed E-state index contributed by atoms with van der Waals surface area (Å²) in [6, 6.07) is 8.68. The van der Waals surface area contributed by atoms with E-state index in [4.69, 9.17) is 4.42 Å². The van der Waals surface area contributed by atoms with E-state index in [1.54, 1.807) is 31.2 Å². The summed E-state index contributed by atoms with van der Waals surface area (Å²) in [4.78, 5) is 24.4. The summed E-state index contributed by atoms with van der Waals surface area (Å²) >= 11 is 0. The van der Waals surface area contributed by atoms with Crippen molar-refractivity contribution in [1.29, 1.82) is 0 Å². The Labute approximate surface area is 196 Å². The number of sulfone groups is 1. The topological polar surface area (TPSA) is 130 Å². The number of pyridine rings is 1. The van der Waals surface area contributed by atoms with Crippen LogP contribution >= 0.6 is 0 Å². The Balaban J connectivity index is 1.57. The first kappa shape index (κ1) is 22.1. The first-order valence-electron chi connectivity index (χ1n) is 11.0. The smallest absolute Gasteiger partial charge is 0.228 e. The second kappa shape index (κ2) is 7.98. The number of aromatic amines is 1. The van der Waals surface area contributed by atoms with E-state index in [2.05, 4.69) is 25.6 Å². The van der Waals surface area contributed by atoms with Crippen molar-refractivity contribution in [2.45, 2.75) is 38.5 Å². The average molecular weight is 480 g/mol. The van der Waals surface area contributed by atoms with Gasteiger partial charge in [0.1, 0.15) is 28.7 Å². The van der Waals surface area contributed by atoms with Crippen molar-refractivity contribution in [2.24, 2.45) is 5.92 Å². The SMILES string of the molecule is Cc1nc2nc(NC(=O)C3CC3)cc(Nc3ccc(-c4cc(C)c(C)o4)cc3S(C)(=O)=O)c2[nH]1. The maximum Gasteiger partial charge on any atom is 0.228 e. The Hall–Kier alpha value is -3.66. The van der Waals surface area contributed by atoms with Crippen molar-refractivity contribution in [3.8, 4) is 11.3 Å². The van der Waals surface area contributed by atoms with E-state index >= 15 is 0 Å². The lowest BCUT2D eigenvalue weighted by atomic mass is 10.1. The van der Waals surface area contributed by atoms with Crippen molar-refractivity contribution in [2.75, 3.05) is 16.9 Å². The highest BCUT2D eigenvalue weighted by atomic mass is 32.2. The van der Waals surface area contributed by atoms with Gasteiger partial charge in [-0.05, 0) is 63.4 Å². The molecule has 1 aliphatic carbocycles. The third-order valence-electron chi connectivity index (χ3n) is 5.88. The first-order chi connectivity index (χ1) is 16.1. The number of hydrogen-bond donors (Lipinski definition) is 3. The number of imidazole rings is 1. The molecule has 3 aromatic heterocycles. The molecule has 1 saturated carbocycles. The molecule has 0 spiro atoms. The molecule has 1 aliphatic rings. The van der Waals surface area contributed by atoms with E-state index < -0.39 is 9.84 Å². The fraction of sp³-hybridized carbons (Fsp3) is 0.292. The predicted molar refractivity (Wildman–Crippen MR) is 130 cm³/mol. The van der Waals surface area contributed by atoms with Crippen LogP contribution in [0.25, 0.3) is 22.5 Å². The number of amides is 1. The molecule has 34 heavy (non-hydrogen) atoms. The highest BCUT2D eigenvalue weighted by Gasteiger charge is 2.30. The summed E-state index contributed by atoms with van der Waals surface area (Å²) in [5.41, 5.74) is 3.64. The second-order valence-corrected chi connectivity index (χ2v) is 10.8. The third kappa shape index (κ3) is 4.28. The minimum absolute atomic E-state index is 0.0214. The van der Waals surface area contributed by atoms with Gasteiger partial charge in [-0.15, -0.1) is 0 Å². The minimum Gasteiger partial charge on any atom is -0.461 e. The van der Waals surface area contributed by atoms with Gasteiger partial charge >= 0.3 is 0 Å². The first-order valence-corrected chi connectivity index (χ1v) is 12.8. The zero-order chi connectivity index (χ0) is 24.2. The number of H-pyrrole nitrogens is 1. The van der Waals surface area contributed by atoms with E-state index in [0.717, 1.165) is 24.2 Å². The molecule has 0 bridgehead atoms. The number of aryl methyl sites for hydroxylation is 3. The molecule has 3 heterocycles. The van der Waals surface area contributed by atoms with Gasteiger partial charge in [0.2, 0.25) is 5.91 Å². The summed E-state index contributed by atoms with van der Waals surface area (Å²) in [5, 5.41) is 6.06. The largest absolute Gasteiger partial charge is 0.461 e. The van der Waals surface area contributed by atoms with Gasteiger partial charge in [0, 0.05) is 23.8 Å². The Morgan fingerprint density at radius 2 is 1.85 bits per heavy atom. The van der Waals surface area contributed by atoms with Gasteiger partial charge < -0.3 is 20.0 Å². The van der Waals surface area contributed by atoms with Gasteiger partial charge in [-0.3, -0.25) is 4.79 Å². The number of furan rings is 1. The molecule has 176 valence electrons. The fourth-order valence-electron chi connectivity index (χ4n) is 3.79. The minimum atomic E-state index is -3.58. The van der Waals surface area contributed by atoms with Crippen LogP contribution in [0.3, 0.4) is 0 Å². The van der Waals surface area contributed by atoms with E-state index in [0.29, 0.717) is 45.5 Å². The number of aromatic nitrogens is 3. The molecule has 1 amide bonds. The standard InChI is InChI=1S/C24H25N5O4S/c1-12-9-19(33-13(12)2)16-7-8-17(20(10-16)34(4,31)32)27-18-11-21(29-24(30)15-5-6-15)28-23-22(18)25-14(3)26-23/h7-11,15H,5-6H2,1-4H3,(H3,25,26,27,28,29,30). The number of fused-ring (bicyclic) bond motifs is 1. The summed E-state index contributed by atoms with van der Waals surface area (Å²) in [5.74, 6) is 2.35. The van der Waals surface area contributed by atoms with Gasteiger partial charge in [-0.1, -0.05) is 0 Å². The van der Waals surface area contributed by atoms with E-state index in [9.17, 15) is 13.2 Å². The molecule has 5 rings (SSSR count). The molecular formula is C24H25N5O4S. The second-order valence-electron chi connectivity index (χ2n) is 8.80. The van der Waals surface area contributed by atoms with Gasteiger partial charge in [0.25, 0.3) is 0 Å². The molecule has 1 aromatic carbocycles. The lowest BCUT2D eigenvalue weighted by molar-refractivity contribution is -0.117. The summed E-state index contributed by atoms with van der Waals surface area (Å²) in [6.45, 7) is 5.61. The third-order valence-corrected chi connectivity index (χ3v) is 7.02. The quantitative estimate of drug-likeness (QED) is 0.367. The number of rotatable bonds is 6. The van der Waals surface area contributed by atoms with Crippen LogP contribution in [-0.4, -0.2) is 35.5 Å². The molecule has 0 saturated heterocycles. The van der Waals surface area contributed by atoms with E-state index in [1.807, 2.05) is 19.9 Å². The maximum absolute atomic E-state index is 12.7. The normalized spacial score (nSPS) is 13.9. The van der Waals surface area contributed by atoms with E-state index in [-0.39, 0.29) is 16.7 Å². The molecule has 9 nitrogen and oxygen atoms in total. The van der Waals surface area contributed by atoms with Crippen molar-refractivity contribution in [1.82, 2.24) is 15.0 Å². The van der Waals surface area contributed by atoms with Crippen molar-refractivity contribution >= 4 is 44.1 Å². The fourth-order valence-corrected chi connectivity index (χ4v) is 4.65. The molecule has 3 N–H and O–H groups in total. The molecule has 10 heteroatoms. The predicted octanol–water partition coefficient (Wildman–Crippen LogP) is 4.64. The highest BCUT2D eigenvalue weighted by Crippen LogP contribution is 2.35. The van der Waals surface area contributed by atoms with Crippen LogP contribution in [0.4, 0.5) is 17.2 Å². The number of benzene rings is 1. The summed E-state index contributed by atoms with van der Waals surface area (Å²) in [7, 11) is -3.58. The zero-order valence-electron chi connectivity index (χ0n) is 19.3. The number of nitrogens with zero attached hydrogens (tertiary/aromatic N) is 2. The number of nitrogens with one attached hydrogen (secondary N) is 3. The van der Waals surface area contributed by atoms with Crippen LogP contribution in [0.5, 0.6) is 0 Å². The number of hydrogen-bond acceptors (Lipinski definition) is 7. The Kier molecular flexibility index (Phi) is 5.20. The van der Waals surface area contributed by atoms with Crippen LogP contribution in [0.15, 0.2) is 39.6 Å². The monoisotopic (exact) mass is 479 g/mol. The summed E-state index contributed by atoms with van der Waals surface area (Å²) in [6.07, 6.45) is 2.92. The lowest BCUT2D eigenvalue weighted by Crippen LogP contribution is -2.14. The maximum atomic E-state index is 12.7. The summed E-state index contributed by atoms with van der Waals surface area (Å²) < 4.78 is 31.2. The van der Waals surface area contributed by atoms with E-state index in [1.165, 1.54) is 6.26 Å². The molecule has 4 aromatic rings. The Morgan fingerprint density at radius 1 is 1.09 bits per heavy atom. The lowest BCUT2D eigenvalue weighted by Gasteiger charge is -2.14. The zero-order valence-corrected chi connectivity index (χ0v) is 20.1. The molecule has 0 atom stereocenters. The Morgan fingerprint density at radius 3 is 2.50 bits per heavy atom. The molecule has 0 unspecified atom stereocenters.